The van der Waals surface area contributed by atoms with Crippen molar-refractivity contribution in [1.82, 2.24) is 14.9 Å². The maximum absolute atomic E-state index is 12.6. The van der Waals surface area contributed by atoms with E-state index in [1.54, 1.807) is 47.2 Å². The van der Waals surface area contributed by atoms with Gasteiger partial charge in [-0.2, -0.15) is 11.3 Å². The van der Waals surface area contributed by atoms with Crippen molar-refractivity contribution in [3.63, 3.8) is 0 Å². The van der Waals surface area contributed by atoms with Gasteiger partial charge in [-0.1, -0.05) is 0 Å². The van der Waals surface area contributed by atoms with Crippen LogP contribution in [0.5, 0.6) is 0 Å². The summed E-state index contributed by atoms with van der Waals surface area (Å²) in [5, 5.41) is 9.92. The molecule has 0 aliphatic carbocycles. The van der Waals surface area contributed by atoms with Crippen molar-refractivity contribution in [2.75, 3.05) is 18.4 Å². The molecule has 0 bridgehead atoms. The molecule has 1 fully saturated rings. The average Bonchev–Trinajstić information content (AvgIpc) is 3.40. The lowest BCUT2D eigenvalue weighted by atomic mass is 9.95. The first kappa shape index (κ1) is 18.8. The van der Waals surface area contributed by atoms with Crippen molar-refractivity contribution in [3.8, 4) is 10.6 Å². The molecule has 4 heterocycles. The Balaban J connectivity index is 1.27. The van der Waals surface area contributed by atoms with Gasteiger partial charge < -0.3 is 10.2 Å². The third-order valence-electron chi connectivity index (χ3n) is 4.82. The number of hydrogen-bond acceptors (Lipinski definition) is 6. The van der Waals surface area contributed by atoms with Crippen LogP contribution in [0, 0.1) is 5.92 Å². The first-order valence-electron chi connectivity index (χ1n) is 9.14. The lowest BCUT2D eigenvalue weighted by Gasteiger charge is -2.31. The predicted octanol–water partition coefficient (Wildman–Crippen LogP) is 3.69. The highest BCUT2D eigenvalue weighted by Crippen LogP contribution is 2.26. The summed E-state index contributed by atoms with van der Waals surface area (Å²) in [6.07, 6.45) is 4.98. The van der Waals surface area contributed by atoms with E-state index in [0.717, 1.165) is 22.0 Å². The predicted molar refractivity (Wildman–Crippen MR) is 111 cm³/mol. The van der Waals surface area contributed by atoms with Crippen molar-refractivity contribution >= 4 is 40.2 Å². The number of rotatable bonds is 5. The number of carbonyl (C=O) groups excluding carboxylic acids is 2. The maximum Gasteiger partial charge on any atom is 0.228 e. The van der Waals surface area contributed by atoms with Crippen LogP contribution in [0.2, 0.25) is 0 Å². The minimum atomic E-state index is -0.0679. The number of thiophene rings is 1. The quantitative estimate of drug-likeness (QED) is 0.694. The van der Waals surface area contributed by atoms with Crippen molar-refractivity contribution in [2.45, 2.75) is 19.3 Å². The lowest BCUT2D eigenvalue weighted by Crippen LogP contribution is -2.42. The number of nitrogens with zero attached hydrogens (tertiary/aromatic N) is 3. The first-order valence-corrected chi connectivity index (χ1v) is 11.0. The fraction of sp³-hybridized carbons (Fsp3) is 0.300. The van der Waals surface area contributed by atoms with E-state index < -0.39 is 0 Å². The highest BCUT2D eigenvalue weighted by atomic mass is 32.1. The van der Waals surface area contributed by atoms with E-state index in [2.05, 4.69) is 20.7 Å². The average molecular weight is 413 g/mol. The molecule has 3 aromatic rings. The normalized spacial score (nSPS) is 14.8. The molecule has 3 aromatic heterocycles. The number of anilines is 1. The SMILES string of the molecule is O=C(Nc1ccncc1)C1CCN(C(=O)Cc2csc(-c3ccsc3)n2)CC1. The van der Waals surface area contributed by atoms with E-state index in [9.17, 15) is 9.59 Å². The van der Waals surface area contributed by atoms with Gasteiger partial charge in [0.15, 0.2) is 0 Å². The van der Waals surface area contributed by atoms with Gasteiger partial charge in [0.25, 0.3) is 0 Å². The summed E-state index contributed by atoms with van der Waals surface area (Å²) in [6.45, 7) is 1.21. The van der Waals surface area contributed by atoms with Crippen molar-refractivity contribution < 1.29 is 9.59 Å². The van der Waals surface area contributed by atoms with Crippen LogP contribution in [0.25, 0.3) is 10.6 Å². The number of piperidine rings is 1. The third kappa shape index (κ3) is 4.45. The van der Waals surface area contributed by atoms with E-state index in [-0.39, 0.29) is 17.7 Å². The van der Waals surface area contributed by atoms with Crippen LogP contribution in [-0.4, -0.2) is 39.8 Å². The molecule has 28 heavy (non-hydrogen) atoms. The minimum Gasteiger partial charge on any atom is -0.342 e. The second-order valence-corrected chi connectivity index (χ2v) is 8.35. The highest BCUT2D eigenvalue weighted by Gasteiger charge is 2.27. The monoisotopic (exact) mass is 412 g/mol. The number of pyridine rings is 1. The van der Waals surface area contributed by atoms with Gasteiger partial charge in [0.05, 0.1) is 12.1 Å². The number of thiazole rings is 1. The molecule has 4 rings (SSSR count). The molecule has 1 saturated heterocycles. The largest absolute Gasteiger partial charge is 0.342 e. The van der Waals surface area contributed by atoms with Gasteiger partial charge in [-0.15, -0.1) is 11.3 Å². The van der Waals surface area contributed by atoms with Crippen LogP contribution in [0.3, 0.4) is 0 Å². The molecule has 0 aromatic carbocycles. The molecule has 1 aliphatic heterocycles. The van der Waals surface area contributed by atoms with Gasteiger partial charge in [-0.05, 0) is 36.4 Å². The topological polar surface area (TPSA) is 75.2 Å². The molecule has 2 amide bonds. The van der Waals surface area contributed by atoms with Gasteiger partial charge >= 0.3 is 0 Å². The fourth-order valence-corrected chi connectivity index (χ4v) is 4.78. The Labute approximate surface area is 171 Å². The summed E-state index contributed by atoms with van der Waals surface area (Å²) in [5.74, 6) is 0.0232. The Kier molecular flexibility index (Phi) is 5.78. The number of amides is 2. The van der Waals surface area contributed by atoms with Gasteiger partial charge in [-0.25, -0.2) is 4.98 Å². The molecule has 0 unspecified atom stereocenters. The smallest absolute Gasteiger partial charge is 0.228 e. The molecule has 0 spiro atoms. The Morgan fingerprint density at radius 1 is 1.14 bits per heavy atom. The van der Waals surface area contributed by atoms with Crippen LogP contribution in [0.4, 0.5) is 5.69 Å². The van der Waals surface area contributed by atoms with E-state index in [0.29, 0.717) is 32.4 Å². The Bertz CT molecular complexity index is 932. The van der Waals surface area contributed by atoms with Crippen molar-refractivity contribution in [3.05, 3.63) is 52.4 Å². The Morgan fingerprint density at radius 3 is 2.64 bits per heavy atom. The van der Waals surface area contributed by atoms with Crippen LogP contribution in [0.1, 0.15) is 18.5 Å². The summed E-state index contributed by atoms with van der Waals surface area (Å²) >= 11 is 3.21. The van der Waals surface area contributed by atoms with E-state index in [1.807, 2.05) is 21.7 Å². The summed E-state index contributed by atoms with van der Waals surface area (Å²) in [6, 6.07) is 5.58. The highest BCUT2D eigenvalue weighted by molar-refractivity contribution is 7.14. The maximum atomic E-state index is 12.6. The Morgan fingerprint density at radius 2 is 1.93 bits per heavy atom. The molecular weight excluding hydrogens is 392 g/mol. The first-order chi connectivity index (χ1) is 13.7. The molecule has 1 aliphatic rings. The van der Waals surface area contributed by atoms with Crippen molar-refractivity contribution in [2.24, 2.45) is 5.92 Å². The summed E-state index contributed by atoms with van der Waals surface area (Å²) < 4.78 is 0. The molecule has 144 valence electrons. The zero-order valence-corrected chi connectivity index (χ0v) is 16.8. The van der Waals surface area contributed by atoms with E-state index in [4.69, 9.17) is 0 Å². The number of aromatic nitrogens is 2. The summed E-state index contributed by atoms with van der Waals surface area (Å²) in [5.41, 5.74) is 2.67. The lowest BCUT2D eigenvalue weighted by molar-refractivity contribution is -0.133. The van der Waals surface area contributed by atoms with E-state index in [1.165, 1.54) is 0 Å². The van der Waals surface area contributed by atoms with Gasteiger partial charge in [-0.3, -0.25) is 14.6 Å². The van der Waals surface area contributed by atoms with Crippen LogP contribution >= 0.6 is 22.7 Å². The van der Waals surface area contributed by atoms with Gasteiger partial charge in [0, 0.05) is 53.4 Å². The molecule has 0 atom stereocenters. The minimum absolute atomic E-state index is 0.0122. The van der Waals surface area contributed by atoms with Gasteiger partial charge in [0.1, 0.15) is 5.01 Å². The number of nitrogens with one attached hydrogen (secondary N) is 1. The molecule has 8 heteroatoms. The third-order valence-corrected chi connectivity index (χ3v) is 6.44. The zero-order valence-electron chi connectivity index (χ0n) is 15.2. The number of likely N-dealkylation sites (tertiary alicyclic amines) is 1. The molecule has 0 radical (unpaired) electrons. The molecule has 6 nitrogen and oxygen atoms in total. The van der Waals surface area contributed by atoms with Crippen molar-refractivity contribution in [1.29, 1.82) is 0 Å². The standard InChI is InChI=1S/C20H20N4O2S2/c25-18(11-17-13-28-20(23-17)15-5-10-27-12-15)24-8-3-14(4-9-24)19(26)22-16-1-6-21-7-2-16/h1-2,5-7,10,12-14H,3-4,8-9,11H2,(H,21,22,26). The van der Waals surface area contributed by atoms with Crippen LogP contribution < -0.4 is 5.32 Å². The van der Waals surface area contributed by atoms with Gasteiger partial charge in [0.2, 0.25) is 11.8 Å². The second kappa shape index (κ2) is 8.62. The fourth-order valence-electron chi connectivity index (χ4n) is 3.24. The molecular formula is C20H20N4O2S2. The molecule has 1 N–H and O–H groups in total. The zero-order chi connectivity index (χ0) is 19.3. The van der Waals surface area contributed by atoms with Crippen LogP contribution in [-0.2, 0) is 16.0 Å². The van der Waals surface area contributed by atoms with E-state index >= 15 is 0 Å². The summed E-state index contributed by atoms with van der Waals surface area (Å²) in [4.78, 5) is 35.4. The Hall–Kier alpha value is -2.58. The summed E-state index contributed by atoms with van der Waals surface area (Å²) in [7, 11) is 0. The number of carbonyl (C=O) groups is 2. The molecule has 0 saturated carbocycles. The second-order valence-electron chi connectivity index (χ2n) is 6.71. The number of hydrogen-bond donors (Lipinski definition) is 1. The van der Waals surface area contributed by atoms with Crippen LogP contribution in [0.15, 0.2) is 46.7 Å².